The van der Waals surface area contributed by atoms with E-state index in [1.54, 1.807) is 12.1 Å². The molecule has 0 radical (unpaired) electrons. The van der Waals surface area contributed by atoms with E-state index in [1.165, 1.54) is 13.2 Å². The fourth-order valence-corrected chi connectivity index (χ4v) is 1.82. The lowest BCUT2D eigenvalue weighted by molar-refractivity contribution is -0.385. The van der Waals surface area contributed by atoms with Crippen molar-refractivity contribution >= 4 is 5.69 Å². The molecule has 7 nitrogen and oxygen atoms in total. The predicted molar refractivity (Wildman–Crippen MR) is 71.4 cm³/mol. The number of aryl methyl sites for hydroxylation is 1. The molecule has 0 saturated heterocycles. The Kier molecular flexibility index (Phi) is 4.31. The molecular formula is C13H15N3O4. The summed E-state index contributed by atoms with van der Waals surface area (Å²) < 4.78 is 10.0. The Morgan fingerprint density at radius 3 is 2.80 bits per heavy atom. The standard InChI is InChI=1S/C13H15N3O4/c1-9-5-11(20-15-9)8-14-7-10-3-4-13(19-2)12(6-10)16(17)18/h3-6,14H,7-8H2,1-2H3. The van der Waals surface area contributed by atoms with Crippen LogP contribution in [0.1, 0.15) is 17.0 Å². The van der Waals surface area contributed by atoms with E-state index in [1.807, 2.05) is 13.0 Å². The monoisotopic (exact) mass is 277 g/mol. The molecule has 0 spiro atoms. The highest BCUT2D eigenvalue weighted by atomic mass is 16.6. The summed E-state index contributed by atoms with van der Waals surface area (Å²) >= 11 is 0. The number of benzene rings is 1. The number of ether oxygens (including phenoxy) is 1. The summed E-state index contributed by atoms with van der Waals surface area (Å²) in [5, 5.41) is 17.8. The summed E-state index contributed by atoms with van der Waals surface area (Å²) in [7, 11) is 1.41. The van der Waals surface area contributed by atoms with Gasteiger partial charge in [-0.2, -0.15) is 0 Å². The number of aromatic nitrogens is 1. The van der Waals surface area contributed by atoms with Crippen LogP contribution in [0.2, 0.25) is 0 Å². The summed E-state index contributed by atoms with van der Waals surface area (Å²) in [6, 6.07) is 6.71. The van der Waals surface area contributed by atoms with Gasteiger partial charge in [-0.3, -0.25) is 10.1 Å². The topological polar surface area (TPSA) is 90.4 Å². The third-order valence-corrected chi connectivity index (χ3v) is 2.75. The average Bonchev–Trinajstić information content (AvgIpc) is 2.84. The molecule has 2 rings (SSSR count). The van der Waals surface area contributed by atoms with Crippen molar-refractivity contribution in [3.8, 4) is 5.75 Å². The second kappa shape index (κ2) is 6.16. The van der Waals surface area contributed by atoms with Crippen LogP contribution >= 0.6 is 0 Å². The van der Waals surface area contributed by atoms with Crippen molar-refractivity contribution in [3.05, 3.63) is 51.4 Å². The van der Waals surface area contributed by atoms with Crippen LogP contribution in [0.3, 0.4) is 0 Å². The van der Waals surface area contributed by atoms with Crippen molar-refractivity contribution in [3.63, 3.8) is 0 Å². The zero-order chi connectivity index (χ0) is 14.5. The average molecular weight is 277 g/mol. The van der Waals surface area contributed by atoms with Crippen LogP contribution < -0.4 is 10.1 Å². The number of nitro groups is 1. The van der Waals surface area contributed by atoms with E-state index in [2.05, 4.69) is 10.5 Å². The van der Waals surface area contributed by atoms with Gasteiger partial charge in [0.05, 0.1) is 24.3 Å². The minimum absolute atomic E-state index is 0.0395. The third-order valence-electron chi connectivity index (χ3n) is 2.75. The van der Waals surface area contributed by atoms with Gasteiger partial charge in [0.15, 0.2) is 11.5 Å². The summed E-state index contributed by atoms with van der Waals surface area (Å²) in [6.45, 7) is 2.85. The van der Waals surface area contributed by atoms with Crippen LogP contribution in [-0.2, 0) is 13.1 Å². The van der Waals surface area contributed by atoms with E-state index in [9.17, 15) is 10.1 Å². The van der Waals surface area contributed by atoms with Crippen LogP contribution in [0.25, 0.3) is 0 Å². The van der Waals surface area contributed by atoms with Gasteiger partial charge in [0.1, 0.15) is 0 Å². The number of nitro benzene ring substituents is 1. The lowest BCUT2D eigenvalue weighted by Gasteiger charge is -2.05. The molecule has 20 heavy (non-hydrogen) atoms. The Bertz CT molecular complexity index is 609. The summed E-state index contributed by atoms with van der Waals surface area (Å²) in [5.41, 5.74) is 1.58. The first-order valence-electron chi connectivity index (χ1n) is 6.04. The molecule has 106 valence electrons. The van der Waals surface area contributed by atoms with Crippen molar-refractivity contribution in [1.29, 1.82) is 0 Å². The molecule has 7 heteroatoms. The Morgan fingerprint density at radius 2 is 2.20 bits per heavy atom. The summed E-state index contributed by atoms with van der Waals surface area (Å²) in [4.78, 5) is 10.5. The van der Waals surface area contributed by atoms with Gasteiger partial charge in [-0.15, -0.1) is 0 Å². The van der Waals surface area contributed by atoms with E-state index < -0.39 is 4.92 Å². The Morgan fingerprint density at radius 1 is 1.40 bits per heavy atom. The van der Waals surface area contributed by atoms with Gasteiger partial charge in [-0.1, -0.05) is 11.2 Å². The first-order chi connectivity index (χ1) is 9.60. The van der Waals surface area contributed by atoms with Gasteiger partial charge in [0.2, 0.25) is 0 Å². The van der Waals surface area contributed by atoms with E-state index in [0.717, 1.165) is 17.0 Å². The molecule has 0 aliphatic heterocycles. The van der Waals surface area contributed by atoms with Crippen molar-refractivity contribution in [2.45, 2.75) is 20.0 Å². The minimum atomic E-state index is -0.456. The molecule has 0 unspecified atom stereocenters. The van der Waals surface area contributed by atoms with Crippen LogP contribution in [0.5, 0.6) is 5.75 Å². The Balaban J connectivity index is 1.99. The highest BCUT2D eigenvalue weighted by molar-refractivity contribution is 5.48. The Labute approximate surface area is 115 Å². The number of methoxy groups -OCH3 is 1. The predicted octanol–water partition coefficient (Wildman–Crippen LogP) is 2.19. The van der Waals surface area contributed by atoms with Crippen LogP contribution in [0, 0.1) is 17.0 Å². The summed E-state index contributed by atoms with van der Waals surface area (Å²) in [6.07, 6.45) is 0. The van der Waals surface area contributed by atoms with E-state index >= 15 is 0 Å². The zero-order valence-electron chi connectivity index (χ0n) is 11.3. The fourth-order valence-electron chi connectivity index (χ4n) is 1.82. The number of nitrogens with zero attached hydrogens (tertiary/aromatic N) is 2. The van der Waals surface area contributed by atoms with Crippen molar-refractivity contribution in [2.24, 2.45) is 0 Å². The molecule has 1 heterocycles. The van der Waals surface area contributed by atoms with Crippen LogP contribution in [0.4, 0.5) is 5.69 Å². The lowest BCUT2D eigenvalue weighted by Crippen LogP contribution is -2.12. The molecule has 0 fully saturated rings. The molecule has 1 aromatic carbocycles. The fraction of sp³-hybridized carbons (Fsp3) is 0.308. The minimum Gasteiger partial charge on any atom is -0.490 e. The van der Waals surface area contributed by atoms with E-state index in [4.69, 9.17) is 9.26 Å². The lowest BCUT2D eigenvalue weighted by atomic mass is 10.2. The van der Waals surface area contributed by atoms with Gasteiger partial charge in [-0.05, 0) is 18.6 Å². The molecule has 0 atom stereocenters. The van der Waals surface area contributed by atoms with Gasteiger partial charge in [0.25, 0.3) is 0 Å². The van der Waals surface area contributed by atoms with Crippen LogP contribution in [0.15, 0.2) is 28.8 Å². The highest BCUT2D eigenvalue weighted by Gasteiger charge is 2.14. The number of nitrogens with one attached hydrogen (secondary N) is 1. The van der Waals surface area contributed by atoms with Crippen molar-refractivity contribution < 1.29 is 14.2 Å². The normalized spacial score (nSPS) is 10.5. The highest BCUT2D eigenvalue weighted by Crippen LogP contribution is 2.27. The van der Waals surface area contributed by atoms with Gasteiger partial charge < -0.3 is 14.6 Å². The molecule has 0 saturated carbocycles. The molecule has 0 bridgehead atoms. The molecule has 0 amide bonds. The second-order valence-electron chi connectivity index (χ2n) is 4.30. The molecule has 0 aliphatic rings. The zero-order valence-corrected chi connectivity index (χ0v) is 11.3. The van der Waals surface area contributed by atoms with E-state index in [0.29, 0.717) is 13.1 Å². The van der Waals surface area contributed by atoms with E-state index in [-0.39, 0.29) is 11.4 Å². The smallest absolute Gasteiger partial charge is 0.311 e. The Hall–Kier alpha value is -2.41. The quantitative estimate of drug-likeness (QED) is 0.643. The second-order valence-corrected chi connectivity index (χ2v) is 4.30. The number of rotatable bonds is 6. The third kappa shape index (κ3) is 3.33. The SMILES string of the molecule is COc1ccc(CNCc2cc(C)no2)cc1[N+](=O)[O-]. The molecular weight excluding hydrogens is 262 g/mol. The molecule has 2 aromatic rings. The summed E-state index contributed by atoms with van der Waals surface area (Å²) in [5.74, 6) is 0.982. The first kappa shape index (κ1) is 14.0. The largest absolute Gasteiger partial charge is 0.490 e. The van der Waals surface area contributed by atoms with Gasteiger partial charge in [-0.25, -0.2) is 0 Å². The van der Waals surface area contributed by atoms with Crippen molar-refractivity contribution in [1.82, 2.24) is 10.5 Å². The number of hydrogen-bond donors (Lipinski definition) is 1. The van der Waals surface area contributed by atoms with Gasteiger partial charge >= 0.3 is 5.69 Å². The maximum atomic E-state index is 10.9. The van der Waals surface area contributed by atoms with Crippen LogP contribution in [-0.4, -0.2) is 17.2 Å². The first-order valence-corrected chi connectivity index (χ1v) is 6.04. The van der Waals surface area contributed by atoms with Crippen molar-refractivity contribution in [2.75, 3.05) is 7.11 Å². The maximum Gasteiger partial charge on any atom is 0.311 e. The molecule has 0 aliphatic carbocycles. The molecule has 1 N–H and O–H groups in total. The van der Waals surface area contributed by atoms with Gasteiger partial charge in [0, 0.05) is 18.7 Å². The molecule has 1 aromatic heterocycles. The maximum absolute atomic E-state index is 10.9. The number of hydrogen-bond acceptors (Lipinski definition) is 6.